The van der Waals surface area contributed by atoms with Crippen LogP contribution in [0.4, 0.5) is 0 Å². The molecule has 0 saturated heterocycles. The normalized spacial score (nSPS) is 42.8. The van der Waals surface area contributed by atoms with Crippen LogP contribution in [-0.4, -0.2) is 10.5 Å². The van der Waals surface area contributed by atoms with Crippen molar-refractivity contribution < 1.29 is 0 Å². The van der Waals surface area contributed by atoms with Crippen molar-refractivity contribution in [3.63, 3.8) is 0 Å². The first-order valence-corrected chi connectivity index (χ1v) is 7.63. The Morgan fingerprint density at radius 2 is 0.933 bits per heavy atom. The summed E-state index contributed by atoms with van der Waals surface area (Å²) in [7, 11) is 0. The van der Waals surface area contributed by atoms with Gasteiger partial charge in [-0.2, -0.15) is 25.3 Å². The Balaban J connectivity index is 1.68. The topological polar surface area (TPSA) is 0 Å². The zero-order valence-electron chi connectivity index (χ0n) is 9.57. The highest BCUT2D eigenvalue weighted by Crippen LogP contribution is 2.37. The molecule has 0 spiro atoms. The quantitative estimate of drug-likeness (QED) is 0.663. The van der Waals surface area contributed by atoms with Gasteiger partial charge in [0.15, 0.2) is 0 Å². The van der Waals surface area contributed by atoms with Crippen LogP contribution in [0.5, 0.6) is 0 Å². The van der Waals surface area contributed by atoms with Crippen molar-refractivity contribution in [2.45, 2.75) is 68.3 Å². The third kappa shape index (κ3) is 3.89. The Labute approximate surface area is 105 Å². The Hall–Kier alpha value is 0.700. The third-order valence-electron chi connectivity index (χ3n) is 4.30. The molecule has 0 radical (unpaired) electrons. The van der Waals surface area contributed by atoms with E-state index in [0.717, 1.165) is 11.8 Å². The van der Waals surface area contributed by atoms with Crippen molar-refractivity contribution in [3.8, 4) is 0 Å². The molecule has 0 aliphatic heterocycles. The Morgan fingerprint density at radius 3 is 1.27 bits per heavy atom. The summed E-state index contributed by atoms with van der Waals surface area (Å²) in [6, 6.07) is 0. The molecule has 0 bridgehead atoms. The highest BCUT2D eigenvalue weighted by atomic mass is 32.1. The number of thiol groups is 2. The summed E-state index contributed by atoms with van der Waals surface area (Å²) in [5.74, 6) is 2.05. The standard InChI is InChI=1S/C13H24S2/c14-12-5-1-10(2-6-12)9-11-3-7-13(15)8-4-11/h10-15H,1-9H2. The van der Waals surface area contributed by atoms with E-state index < -0.39 is 0 Å². The molecule has 2 aliphatic rings. The molecule has 88 valence electrons. The molecule has 15 heavy (non-hydrogen) atoms. The van der Waals surface area contributed by atoms with E-state index in [1.54, 1.807) is 0 Å². The molecule has 2 heteroatoms. The predicted octanol–water partition coefficient (Wildman–Crippen LogP) is 4.35. The number of rotatable bonds is 2. The summed E-state index contributed by atoms with van der Waals surface area (Å²) < 4.78 is 0. The molecule has 0 amide bonds. The van der Waals surface area contributed by atoms with E-state index in [0.29, 0.717) is 10.5 Å². The van der Waals surface area contributed by atoms with Crippen LogP contribution in [0.15, 0.2) is 0 Å². The van der Waals surface area contributed by atoms with E-state index in [1.165, 1.54) is 57.8 Å². The second kappa shape index (κ2) is 5.86. The van der Waals surface area contributed by atoms with Gasteiger partial charge in [-0.05, 0) is 69.6 Å². The van der Waals surface area contributed by atoms with Crippen LogP contribution < -0.4 is 0 Å². The van der Waals surface area contributed by atoms with Gasteiger partial charge >= 0.3 is 0 Å². The fourth-order valence-corrected chi connectivity index (χ4v) is 3.83. The smallest absolute Gasteiger partial charge is 0.00170 e. The summed E-state index contributed by atoms with van der Waals surface area (Å²) in [6.07, 6.45) is 12.7. The summed E-state index contributed by atoms with van der Waals surface area (Å²) >= 11 is 9.14. The Kier molecular flexibility index (Phi) is 4.75. The molecule has 2 saturated carbocycles. The van der Waals surface area contributed by atoms with Crippen LogP contribution in [-0.2, 0) is 0 Å². The van der Waals surface area contributed by atoms with Gasteiger partial charge in [0, 0.05) is 10.5 Å². The average molecular weight is 244 g/mol. The van der Waals surface area contributed by atoms with Crippen LogP contribution in [0.2, 0.25) is 0 Å². The highest BCUT2D eigenvalue weighted by molar-refractivity contribution is 7.81. The van der Waals surface area contributed by atoms with Crippen molar-refractivity contribution in [2.24, 2.45) is 11.8 Å². The van der Waals surface area contributed by atoms with Crippen molar-refractivity contribution in [2.75, 3.05) is 0 Å². The van der Waals surface area contributed by atoms with Gasteiger partial charge in [0.05, 0.1) is 0 Å². The summed E-state index contributed by atoms with van der Waals surface area (Å²) in [4.78, 5) is 0. The zero-order chi connectivity index (χ0) is 10.7. The molecule has 0 unspecified atom stereocenters. The summed E-state index contributed by atoms with van der Waals surface area (Å²) in [5, 5.41) is 1.41. The van der Waals surface area contributed by atoms with Crippen LogP contribution in [0, 0.1) is 11.8 Å². The van der Waals surface area contributed by atoms with Gasteiger partial charge in [0.1, 0.15) is 0 Å². The maximum Gasteiger partial charge on any atom is 0.00170 e. The lowest BCUT2D eigenvalue weighted by Gasteiger charge is -2.32. The molecular weight excluding hydrogens is 220 g/mol. The molecule has 0 aromatic carbocycles. The monoisotopic (exact) mass is 244 g/mol. The number of hydrogen-bond acceptors (Lipinski definition) is 2. The maximum atomic E-state index is 4.57. The van der Waals surface area contributed by atoms with Crippen LogP contribution in [0.3, 0.4) is 0 Å². The molecule has 0 aromatic rings. The largest absolute Gasteiger partial charge is 0.176 e. The van der Waals surface area contributed by atoms with E-state index in [4.69, 9.17) is 0 Å². The Bertz CT molecular complexity index is 157. The van der Waals surface area contributed by atoms with Gasteiger partial charge < -0.3 is 0 Å². The van der Waals surface area contributed by atoms with E-state index in [1.807, 2.05) is 0 Å². The van der Waals surface area contributed by atoms with E-state index in [2.05, 4.69) is 25.3 Å². The third-order valence-corrected chi connectivity index (χ3v) is 5.33. The first-order valence-electron chi connectivity index (χ1n) is 6.60. The highest BCUT2D eigenvalue weighted by Gasteiger charge is 2.24. The first-order chi connectivity index (χ1) is 7.24. The maximum absolute atomic E-state index is 4.57. The molecule has 2 fully saturated rings. The summed E-state index contributed by atoms with van der Waals surface area (Å²) in [6.45, 7) is 0. The lowest BCUT2D eigenvalue weighted by atomic mass is 9.77. The zero-order valence-corrected chi connectivity index (χ0v) is 11.4. The van der Waals surface area contributed by atoms with Crippen molar-refractivity contribution >= 4 is 25.3 Å². The van der Waals surface area contributed by atoms with E-state index >= 15 is 0 Å². The lowest BCUT2D eigenvalue weighted by molar-refractivity contribution is 0.250. The second-order valence-electron chi connectivity index (χ2n) is 5.58. The average Bonchev–Trinajstić information content (AvgIpc) is 2.25. The van der Waals surface area contributed by atoms with E-state index in [9.17, 15) is 0 Å². The minimum Gasteiger partial charge on any atom is -0.176 e. The van der Waals surface area contributed by atoms with E-state index in [-0.39, 0.29) is 0 Å². The van der Waals surface area contributed by atoms with Crippen molar-refractivity contribution in [1.29, 1.82) is 0 Å². The fourth-order valence-electron chi connectivity index (χ4n) is 3.23. The summed E-state index contributed by atoms with van der Waals surface area (Å²) in [5.41, 5.74) is 0. The first kappa shape index (κ1) is 12.2. The number of hydrogen-bond donors (Lipinski definition) is 2. The molecule has 0 heterocycles. The Morgan fingerprint density at radius 1 is 0.600 bits per heavy atom. The second-order valence-corrected chi connectivity index (χ2v) is 7.05. The molecule has 2 rings (SSSR count). The van der Waals surface area contributed by atoms with Crippen molar-refractivity contribution in [3.05, 3.63) is 0 Å². The lowest BCUT2D eigenvalue weighted by Crippen LogP contribution is -2.21. The van der Waals surface area contributed by atoms with Crippen LogP contribution >= 0.6 is 25.3 Å². The fraction of sp³-hybridized carbons (Fsp3) is 1.00. The van der Waals surface area contributed by atoms with Crippen LogP contribution in [0.25, 0.3) is 0 Å². The minimum atomic E-state index is 0.703. The van der Waals surface area contributed by atoms with Gasteiger partial charge in [-0.25, -0.2) is 0 Å². The molecule has 0 atom stereocenters. The molecular formula is C13H24S2. The van der Waals surface area contributed by atoms with Gasteiger partial charge in [0.25, 0.3) is 0 Å². The molecule has 0 aromatic heterocycles. The van der Waals surface area contributed by atoms with Gasteiger partial charge in [-0.1, -0.05) is 0 Å². The molecule has 2 aliphatic carbocycles. The molecule has 0 N–H and O–H groups in total. The van der Waals surface area contributed by atoms with Gasteiger partial charge in [-0.15, -0.1) is 0 Å². The SMILES string of the molecule is SC1CCC(CC2CCC(S)CC2)CC1. The molecule has 0 nitrogen and oxygen atoms in total. The minimum absolute atomic E-state index is 0.703. The van der Waals surface area contributed by atoms with Crippen molar-refractivity contribution in [1.82, 2.24) is 0 Å². The predicted molar refractivity (Wildman–Crippen MR) is 74.1 cm³/mol. The van der Waals surface area contributed by atoms with Crippen LogP contribution in [0.1, 0.15) is 57.8 Å². The van der Waals surface area contributed by atoms with Gasteiger partial charge in [0.2, 0.25) is 0 Å². The van der Waals surface area contributed by atoms with Gasteiger partial charge in [-0.3, -0.25) is 0 Å².